The molecular formula is C12H16O5. The Hall–Kier alpha value is -1.59. The predicted molar refractivity (Wildman–Crippen MR) is 61.0 cm³/mol. The molecular weight excluding hydrogens is 224 g/mol. The molecule has 1 aromatic rings. The largest absolute Gasteiger partial charge is 0.468 e. The van der Waals surface area contributed by atoms with Gasteiger partial charge >= 0.3 is 5.97 Å². The van der Waals surface area contributed by atoms with E-state index < -0.39 is 5.97 Å². The maximum atomic E-state index is 11.7. The molecule has 0 spiro atoms. The maximum Gasteiger partial charge on any atom is 0.340 e. The first-order valence-corrected chi connectivity index (χ1v) is 5.07. The lowest BCUT2D eigenvalue weighted by Crippen LogP contribution is -2.09. The average molecular weight is 240 g/mol. The van der Waals surface area contributed by atoms with Crippen molar-refractivity contribution in [2.45, 2.75) is 6.92 Å². The second-order valence-electron chi connectivity index (χ2n) is 3.37. The van der Waals surface area contributed by atoms with Gasteiger partial charge in [0.1, 0.15) is 5.75 Å². The van der Waals surface area contributed by atoms with Crippen LogP contribution in [0, 0.1) is 6.92 Å². The highest BCUT2D eigenvalue weighted by Gasteiger charge is 2.11. The van der Waals surface area contributed by atoms with Crippen LogP contribution in [0.15, 0.2) is 18.2 Å². The number of carbonyl (C=O) groups is 1. The summed E-state index contributed by atoms with van der Waals surface area (Å²) >= 11 is 0. The van der Waals surface area contributed by atoms with E-state index in [1.54, 1.807) is 18.2 Å². The van der Waals surface area contributed by atoms with Crippen LogP contribution < -0.4 is 4.74 Å². The molecule has 0 atom stereocenters. The number of hydrogen-bond donors (Lipinski definition) is 0. The summed E-state index contributed by atoms with van der Waals surface area (Å²) < 4.78 is 19.6. The Kier molecular flexibility index (Phi) is 5.45. The minimum Gasteiger partial charge on any atom is -0.468 e. The summed E-state index contributed by atoms with van der Waals surface area (Å²) in [5.74, 6) is 0.119. The Morgan fingerprint density at radius 3 is 2.53 bits per heavy atom. The van der Waals surface area contributed by atoms with Crippen molar-refractivity contribution in [3.05, 3.63) is 29.3 Å². The number of hydrogen-bond acceptors (Lipinski definition) is 5. The molecule has 0 saturated heterocycles. The summed E-state index contributed by atoms with van der Waals surface area (Å²) in [6.45, 7) is 1.89. The minimum absolute atomic E-state index is 0.0680. The van der Waals surface area contributed by atoms with Crippen LogP contribution in [0.2, 0.25) is 0 Å². The third-order valence-electron chi connectivity index (χ3n) is 2.08. The van der Waals surface area contributed by atoms with E-state index in [2.05, 4.69) is 4.74 Å². The van der Waals surface area contributed by atoms with Crippen molar-refractivity contribution >= 4 is 5.97 Å². The molecule has 0 saturated carbocycles. The van der Waals surface area contributed by atoms with Gasteiger partial charge in [0.15, 0.2) is 13.6 Å². The first kappa shape index (κ1) is 13.5. The van der Waals surface area contributed by atoms with Gasteiger partial charge in [0.2, 0.25) is 0 Å². The molecule has 5 heteroatoms. The maximum absolute atomic E-state index is 11.7. The van der Waals surface area contributed by atoms with E-state index in [0.717, 1.165) is 5.56 Å². The van der Waals surface area contributed by atoms with Gasteiger partial charge in [-0.2, -0.15) is 0 Å². The zero-order valence-electron chi connectivity index (χ0n) is 10.2. The predicted octanol–water partition coefficient (Wildman–Crippen LogP) is 1.74. The summed E-state index contributed by atoms with van der Waals surface area (Å²) in [6, 6.07) is 5.17. The van der Waals surface area contributed by atoms with Gasteiger partial charge in [0.05, 0.1) is 5.56 Å². The lowest BCUT2D eigenvalue weighted by Gasteiger charge is -2.09. The molecule has 94 valence electrons. The Labute approximate surface area is 100 Å². The molecule has 0 fully saturated rings. The summed E-state index contributed by atoms with van der Waals surface area (Å²) in [4.78, 5) is 11.7. The van der Waals surface area contributed by atoms with Gasteiger partial charge in [-0.15, -0.1) is 0 Å². The highest BCUT2D eigenvalue weighted by molar-refractivity contribution is 5.91. The van der Waals surface area contributed by atoms with Crippen LogP contribution in [0.1, 0.15) is 15.9 Å². The third-order valence-corrected chi connectivity index (χ3v) is 2.08. The van der Waals surface area contributed by atoms with Crippen LogP contribution in [0.4, 0.5) is 0 Å². The van der Waals surface area contributed by atoms with E-state index in [1.165, 1.54) is 14.2 Å². The smallest absolute Gasteiger partial charge is 0.340 e. The topological polar surface area (TPSA) is 54.0 Å². The van der Waals surface area contributed by atoms with Crippen molar-refractivity contribution in [1.82, 2.24) is 0 Å². The molecule has 0 aliphatic heterocycles. The van der Waals surface area contributed by atoms with Crippen LogP contribution >= 0.6 is 0 Å². The fraction of sp³-hybridized carbons (Fsp3) is 0.417. The minimum atomic E-state index is -0.438. The fourth-order valence-electron chi connectivity index (χ4n) is 1.23. The number of esters is 1. The molecule has 5 nitrogen and oxygen atoms in total. The molecule has 1 rings (SSSR count). The third kappa shape index (κ3) is 4.05. The number of carbonyl (C=O) groups excluding carboxylic acids is 1. The quantitative estimate of drug-likeness (QED) is 0.560. The highest BCUT2D eigenvalue weighted by atomic mass is 16.7. The van der Waals surface area contributed by atoms with Crippen molar-refractivity contribution in [2.24, 2.45) is 0 Å². The van der Waals surface area contributed by atoms with Gasteiger partial charge in [-0.3, -0.25) is 0 Å². The summed E-state index contributed by atoms with van der Waals surface area (Å²) in [6.07, 6.45) is 0. The molecule has 0 aromatic heterocycles. The second-order valence-corrected chi connectivity index (χ2v) is 3.37. The molecule has 0 radical (unpaired) electrons. The van der Waals surface area contributed by atoms with Crippen molar-refractivity contribution in [1.29, 1.82) is 0 Å². The molecule has 1 aromatic carbocycles. The van der Waals surface area contributed by atoms with E-state index >= 15 is 0 Å². The van der Waals surface area contributed by atoms with Gasteiger partial charge in [0.25, 0.3) is 0 Å². The lowest BCUT2D eigenvalue weighted by molar-refractivity contribution is -0.0126. The van der Waals surface area contributed by atoms with Gasteiger partial charge < -0.3 is 18.9 Å². The Morgan fingerprint density at radius 1 is 1.18 bits per heavy atom. The van der Waals surface area contributed by atoms with Gasteiger partial charge in [-0.05, 0) is 24.6 Å². The van der Waals surface area contributed by atoms with Crippen LogP contribution in [-0.4, -0.2) is 33.8 Å². The number of ether oxygens (including phenoxy) is 4. The molecule has 0 unspecified atom stereocenters. The summed E-state index contributed by atoms with van der Waals surface area (Å²) in [5.41, 5.74) is 1.27. The van der Waals surface area contributed by atoms with E-state index in [-0.39, 0.29) is 13.6 Å². The summed E-state index contributed by atoms with van der Waals surface area (Å²) in [7, 11) is 2.99. The fourth-order valence-corrected chi connectivity index (χ4v) is 1.23. The SMILES string of the molecule is COCOC(=O)c1cc(OCOC)ccc1C. The standard InChI is InChI=1S/C12H16O5/c1-9-4-5-10(16-7-14-2)6-11(9)12(13)17-8-15-3/h4-6H,7-8H2,1-3H3. The number of aryl methyl sites for hydroxylation is 1. The van der Waals surface area contributed by atoms with Crippen LogP contribution in [0.25, 0.3) is 0 Å². The number of benzene rings is 1. The van der Waals surface area contributed by atoms with E-state index in [4.69, 9.17) is 14.2 Å². The van der Waals surface area contributed by atoms with Gasteiger partial charge in [-0.1, -0.05) is 6.07 Å². The second kappa shape index (κ2) is 6.88. The van der Waals surface area contributed by atoms with E-state index in [0.29, 0.717) is 11.3 Å². The molecule has 0 aliphatic carbocycles. The lowest BCUT2D eigenvalue weighted by atomic mass is 10.1. The van der Waals surface area contributed by atoms with Crippen LogP contribution in [-0.2, 0) is 14.2 Å². The van der Waals surface area contributed by atoms with Crippen molar-refractivity contribution in [2.75, 3.05) is 27.8 Å². The average Bonchev–Trinajstić information content (AvgIpc) is 2.35. The normalized spacial score (nSPS) is 10.1. The first-order valence-electron chi connectivity index (χ1n) is 5.07. The van der Waals surface area contributed by atoms with Crippen molar-refractivity contribution in [3.8, 4) is 5.75 Å². The van der Waals surface area contributed by atoms with Crippen molar-refractivity contribution in [3.63, 3.8) is 0 Å². The van der Waals surface area contributed by atoms with Gasteiger partial charge in [-0.25, -0.2) is 4.79 Å². The van der Waals surface area contributed by atoms with Crippen LogP contribution in [0.5, 0.6) is 5.75 Å². The Balaban J connectivity index is 2.78. The zero-order chi connectivity index (χ0) is 12.7. The molecule has 0 bridgehead atoms. The monoisotopic (exact) mass is 240 g/mol. The van der Waals surface area contributed by atoms with Gasteiger partial charge in [0, 0.05) is 14.2 Å². The number of rotatable bonds is 6. The van der Waals surface area contributed by atoms with Crippen molar-refractivity contribution < 1.29 is 23.7 Å². The first-order chi connectivity index (χ1) is 8.19. The van der Waals surface area contributed by atoms with E-state index in [1.807, 2.05) is 6.92 Å². The Bertz CT molecular complexity index is 375. The zero-order valence-corrected chi connectivity index (χ0v) is 10.2. The Morgan fingerprint density at radius 2 is 1.88 bits per heavy atom. The molecule has 0 N–H and O–H groups in total. The molecule has 0 heterocycles. The molecule has 0 aliphatic rings. The summed E-state index contributed by atoms with van der Waals surface area (Å²) in [5, 5.41) is 0. The van der Waals surface area contributed by atoms with Crippen LogP contribution in [0.3, 0.4) is 0 Å². The van der Waals surface area contributed by atoms with E-state index in [9.17, 15) is 4.79 Å². The number of methoxy groups -OCH3 is 2. The molecule has 17 heavy (non-hydrogen) atoms. The molecule has 0 amide bonds. The highest BCUT2D eigenvalue weighted by Crippen LogP contribution is 2.18.